The molecule has 128 valence electrons. The Morgan fingerprint density at radius 2 is 2.00 bits per heavy atom. The Morgan fingerprint density at radius 1 is 1.20 bits per heavy atom. The summed E-state index contributed by atoms with van der Waals surface area (Å²) >= 11 is 0. The highest BCUT2D eigenvalue weighted by Crippen LogP contribution is 2.26. The Bertz CT molecular complexity index is 1060. The van der Waals surface area contributed by atoms with Gasteiger partial charge >= 0.3 is 0 Å². The average Bonchev–Trinajstić information content (AvgIpc) is 2.60. The highest BCUT2D eigenvalue weighted by Gasteiger charge is 2.17. The van der Waals surface area contributed by atoms with Crippen LogP contribution in [-0.4, -0.2) is 31.4 Å². The maximum atomic E-state index is 12.6. The van der Waals surface area contributed by atoms with E-state index in [1.165, 1.54) is 31.5 Å². The van der Waals surface area contributed by atoms with Crippen molar-refractivity contribution in [3.05, 3.63) is 54.5 Å². The molecule has 0 fully saturated rings. The van der Waals surface area contributed by atoms with E-state index in [4.69, 9.17) is 9.88 Å². The number of amides is 1. The number of aromatic nitrogens is 2. The van der Waals surface area contributed by atoms with Gasteiger partial charge in [0.15, 0.2) is 0 Å². The van der Waals surface area contributed by atoms with Crippen LogP contribution in [0.3, 0.4) is 0 Å². The average molecular weight is 358 g/mol. The molecule has 8 nitrogen and oxygen atoms in total. The van der Waals surface area contributed by atoms with Crippen molar-refractivity contribution in [3.8, 4) is 5.75 Å². The quantitative estimate of drug-likeness (QED) is 0.729. The molecule has 0 unspecified atom stereocenters. The Balaban J connectivity index is 1.98. The summed E-state index contributed by atoms with van der Waals surface area (Å²) in [6.07, 6.45) is 4.64. The number of pyridine rings is 2. The van der Waals surface area contributed by atoms with E-state index in [-0.39, 0.29) is 16.3 Å². The number of rotatable bonds is 4. The lowest BCUT2D eigenvalue weighted by atomic mass is 10.1. The molecule has 3 aromatic rings. The lowest BCUT2D eigenvalue weighted by molar-refractivity contribution is 0.102. The monoisotopic (exact) mass is 358 g/mol. The fourth-order valence-corrected chi connectivity index (χ4v) is 3.09. The number of methoxy groups -OCH3 is 1. The van der Waals surface area contributed by atoms with Gasteiger partial charge < -0.3 is 10.1 Å². The molecule has 0 saturated heterocycles. The zero-order chi connectivity index (χ0) is 18.0. The minimum absolute atomic E-state index is 0.0964. The van der Waals surface area contributed by atoms with Gasteiger partial charge in [0.05, 0.1) is 18.2 Å². The molecule has 0 atom stereocenters. The van der Waals surface area contributed by atoms with Crippen LogP contribution in [0.2, 0.25) is 0 Å². The smallest absolute Gasteiger partial charge is 0.256 e. The first-order chi connectivity index (χ1) is 11.9. The molecule has 0 saturated carbocycles. The van der Waals surface area contributed by atoms with E-state index in [1.54, 1.807) is 24.5 Å². The van der Waals surface area contributed by atoms with Crippen LogP contribution < -0.4 is 15.2 Å². The standard InChI is InChI=1S/C16H14N4O4S/c1-24-14-3-2-10(8-15(14)25(17,22)23)20-16(21)11-4-7-19-13-5-6-18-9-12(11)13/h2-9H,1H3,(H,20,21)(H2,17,22,23). The normalized spacial score (nSPS) is 11.3. The Morgan fingerprint density at radius 3 is 2.72 bits per heavy atom. The van der Waals surface area contributed by atoms with Crippen LogP contribution in [-0.2, 0) is 10.0 Å². The van der Waals surface area contributed by atoms with Gasteiger partial charge in [-0.3, -0.25) is 14.8 Å². The molecular weight excluding hydrogens is 344 g/mol. The molecule has 1 amide bonds. The van der Waals surface area contributed by atoms with Crippen LogP contribution in [0.15, 0.2) is 53.8 Å². The summed E-state index contributed by atoms with van der Waals surface area (Å²) in [6, 6.07) is 7.43. The molecule has 3 rings (SSSR count). The van der Waals surface area contributed by atoms with Crippen LogP contribution in [0, 0.1) is 0 Å². The van der Waals surface area contributed by atoms with E-state index in [1.807, 2.05) is 0 Å². The summed E-state index contributed by atoms with van der Waals surface area (Å²) in [5.41, 5.74) is 1.26. The second-order valence-electron chi connectivity index (χ2n) is 5.12. The predicted molar refractivity (Wildman–Crippen MR) is 91.9 cm³/mol. The predicted octanol–water partition coefficient (Wildman–Crippen LogP) is 1.54. The molecule has 2 aromatic heterocycles. The molecule has 0 radical (unpaired) electrons. The number of nitrogens with one attached hydrogen (secondary N) is 1. The van der Waals surface area contributed by atoms with Gasteiger partial charge in [-0.15, -0.1) is 0 Å². The van der Waals surface area contributed by atoms with Crippen molar-refractivity contribution >= 4 is 32.5 Å². The van der Waals surface area contributed by atoms with Gasteiger partial charge in [0.2, 0.25) is 10.0 Å². The van der Waals surface area contributed by atoms with E-state index in [9.17, 15) is 13.2 Å². The minimum atomic E-state index is -4.00. The second kappa shape index (κ2) is 6.46. The van der Waals surface area contributed by atoms with Gasteiger partial charge in [0, 0.05) is 29.7 Å². The third kappa shape index (κ3) is 3.42. The molecule has 2 heterocycles. The largest absolute Gasteiger partial charge is 0.495 e. The molecule has 0 aliphatic heterocycles. The number of anilines is 1. The first-order valence-electron chi connectivity index (χ1n) is 7.11. The fraction of sp³-hybridized carbons (Fsp3) is 0.0625. The van der Waals surface area contributed by atoms with Crippen LogP contribution in [0.4, 0.5) is 5.69 Å². The summed E-state index contributed by atoms with van der Waals surface area (Å²) in [5, 5.41) is 8.41. The number of benzene rings is 1. The van der Waals surface area contributed by atoms with Crippen LogP contribution in [0.1, 0.15) is 10.4 Å². The van der Waals surface area contributed by atoms with Gasteiger partial charge in [-0.25, -0.2) is 13.6 Å². The number of primary sulfonamides is 1. The summed E-state index contributed by atoms with van der Waals surface area (Å²) in [5.74, 6) is -0.329. The van der Waals surface area contributed by atoms with Gasteiger partial charge in [-0.2, -0.15) is 0 Å². The summed E-state index contributed by atoms with van der Waals surface area (Å²) in [7, 11) is -2.67. The first kappa shape index (κ1) is 16.8. The Kier molecular flexibility index (Phi) is 4.34. The number of carbonyl (C=O) groups is 1. The zero-order valence-corrected chi connectivity index (χ0v) is 13.9. The third-order valence-corrected chi connectivity index (χ3v) is 4.45. The maximum Gasteiger partial charge on any atom is 0.256 e. The molecule has 25 heavy (non-hydrogen) atoms. The Hall–Kier alpha value is -3.04. The van der Waals surface area contributed by atoms with Crippen LogP contribution >= 0.6 is 0 Å². The fourth-order valence-electron chi connectivity index (χ4n) is 2.36. The number of hydrogen-bond donors (Lipinski definition) is 2. The van der Waals surface area contributed by atoms with E-state index in [2.05, 4.69) is 15.3 Å². The van der Waals surface area contributed by atoms with Crippen molar-refractivity contribution in [1.29, 1.82) is 0 Å². The van der Waals surface area contributed by atoms with Crippen molar-refractivity contribution < 1.29 is 17.9 Å². The number of ether oxygens (including phenoxy) is 1. The van der Waals surface area contributed by atoms with Crippen molar-refractivity contribution in [1.82, 2.24) is 9.97 Å². The number of fused-ring (bicyclic) bond motifs is 1. The molecule has 0 aliphatic carbocycles. The highest BCUT2D eigenvalue weighted by molar-refractivity contribution is 7.89. The molecule has 0 bridgehead atoms. The van der Waals surface area contributed by atoms with Gasteiger partial charge in [0.1, 0.15) is 10.6 Å². The van der Waals surface area contributed by atoms with Gasteiger partial charge in [-0.1, -0.05) is 0 Å². The number of sulfonamides is 1. The lowest BCUT2D eigenvalue weighted by Gasteiger charge is -2.11. The number of nitrogens with two attached hydrogens (primary N) is 1. The first-order valence-corrected chi connectivity index (χ1v) is 8.65. The molecular formula is C16H14N4O4S. The number of nitrogens with zero attached hydrogens (tertiary/aromatic N) is 2. The van der Waals surface area contributed by atoms with Crippen LogP contribution in [0.25, 0.3) is 10.9 Å². The number of carbonyl (C=O) groups excluding carboxylic acids is 1. The van der Waals surface area contributed by atoms with Crippen molar-refractivity contribution in [3.63, 3.8) is 0 Å². The van der Waals surface area contributed by atoms with Crippen molar-refractivity contribution in [2.45, 2.75) is 4.90 Å². The van der Waals surface area contributed by atoms with Crippen molar-refractivity contribution in [2.24, 2.45) is 5.14 Å². The third-order valence-electron chi connectivity index (χ3n) is 3.52. The molecule has 1 aromatic carbocycles. The lowest BCUT2D eigenvalue weighted by Crippen LogP contribution is -2.16. The number of hydrogen-bond acceptors (Lipinski definition) is 6. The second-order valence-corrected chi connectivity index (χ2v) is 6.65. The SMILES string of the molecule is COc1ccc(NC(=O)c2ccnc3ccncc23)cc1S(N)(=O)=O. The summed E-state index contributed by atoms with van der Waals surface area (Å²) in [4.78, 5) is 20.5. The summed E-state index contributed by atoms with van der Waals surface area (Å²) < 4.78 is 28.3. The maximum absolute atomic E-state index is 12.6. The molecule has 9 heteroatoms. The van der Waals surface area contributed by atoms with Gasteiger partial charge in [-0.05, 0) is 30.3 Å². The molecule has 0 spiro atoms. The minimum Gasteiger partial charge on any atom is -0.495 e. The van der Waals surface area contributed by atoms with E-state index in [0.29, 0.717) is 16.5 Å². The highest BCUT2D eigenvalue weighted by atomic mass is 32.2. The van der Waals surface area contributed by atoms with E-state index >= 15 is 0 Å². The topological polar surface area (TPSA) is 124 Å². The van der Waals surface area contributed by atoms with Crippen molar-refractivity contribution in [2.75, 3.05) is 12.4 Å². The molecule has 3 N–H and O–H groups in total. The van der Waals surface area contributed by atoms with Gasteiger partial charge in [0.25, 0.3) is 5.91 Å². The summed E-state index contributed by atoms with van der Waals surface area (Å²) in [6.45, 7) is 0. The van der Waals surface area contributed by atoms with E-state index < -0.39 is 15.9 Å². The Labute approximate surface area is 143 Å². The van der Waals surface area contributed by atoms with Crippen LogP contribution in [0.5, 0.6) is 5.75 Å². The van der Waals surface area contributed by atoms with E-state index in [0.717, 1.165) is 0 Å². The zero-order valence-electron chi connectivity index (χ0n) is 13.1. The molecule has 0 aliphatic rings.